The fraction of sp³-hybridized carbons (Fsp3) is 0. The molecule has 3 heterocycles. The van der Waals surface area contributed by atoms with E-state index in [0.29, 0.717) is 11.6 Å². The highest BCUT2D eigenvalue weighted by molar-refractivity contribution is 5.90. The van der Waals surface area contributed by atoms with E-state index in [2.05, 4.69) is 187 Å². The normalized spacial score (nSPS) is 11.4. The van der Waals surface area contributed by atoms with Gasteiger partial charge in [0.05, 0.1) is 33.8 Å². The first-order valence-electron chi connectivity index (χ1n) is 21.7. The molecule has 0 saturated heterocycles. The summed E-state index contributed by atoms with van der Waals surface area (Å²) in [6, 6.07) is 79.8. The molecule has 0 aliphatic heterocycles. The van der Waals surface area contributed by atoms with E-state index in [1.807, 2.05) is 48.5 Å². The van der Waals surface area contributed by atoms with E-state index in [1.54, 1.807) is 0 Å². The molecule has 6 nitrogen and oxygen atoms in total. The Morgan fingerprint density at radius 2 is 0.677 bits per heavy atom. The molecule has 0 aliphatic rings. The van der Waals surface area contributed by atoms with Gasteiger partial charge in [-0.25, -0.2) is 24.9 Å². The lowest BCUT2D eigenvalue weighted by Crippen LogP contribution is -2.00. The van der Waals surface area contributed by atoms with Crippen LogP contribution in [0.1, 0.15) is 0 Å². The van der Waals surface area contributed by atoms with Gasteiger partial charge in [-0.15, -0.1) is 0 Å². The number of nitrogens with zero attached hydrogens (tertiary/aromatic N) is 6. The van der Waals surface area contributed by atoms with Crippen molar-refractivity contribution in [2.75, 3.05) is 0 Å². The van der Waals surface area contributed by atoms with Crippen molar-refractivity contribution in [2.45, 2.75) is 0 Å². The van der Waals surface area contributed by atoms with Gasteiger partial charge in [0.25, 0.3) is 0 Å². The minimum Gasteiger partial charge on any atom is -0.292 e. The quantitative estimate of drug-likeness (QED) is 0.153. The third-order valence-corrected chi connectivity index (χ3v) is 12.0. The highest BCUT2D eigenvalue weighted by Crippen LogP contribution is 2.38. The fourth-order valence-electron chi connectivity index (χ4n) is 8.73. The molecule has 6 heteroatoms. The topological polar surface area (TPSA) is 69.4 Å². The summed E-state index contributed by atoms with van der Waals surface area (Å²) in [5, 5.41) is 4.59. The van der Waals surface area contributed by atoms with Gasteiger partial charge in [-0.3, -0.25) is 4.57 Å². The van der Waals surface area contributed by atoms with Crippen molar-refractivity contribution in [2.24, 2.45) is 0 Å². The Bertz CT molecular complexity index is 3530. The minimum atomic E-state index is 0.641. The molecule has 304 valence electrons. The number of para-hydroxylation sites is 3. The van der Waals surface area contributed by atoms with Gasteiger partial charge < -0.3 is 0 Å². The second-order valence-electron chi connectivity index (χ2n) is 16.2. The van der Waals surface area contributed by atoms with Gasteiger partial charge in [-0.2, -0.15) is 0 Å². The van der Waals surface area contributed by atoms with E-state index in [9.17, 15) is 0 Å². The van der Waals surface area contributed by atoms with Crippen LogP contribution in [0.15, 0.2) is 231 Å². The van der Waals surface area contributed by atoms with Crippen LogP contribution in [0, 0.1) is 0 Å². The number of benzene rings is 9. The van der Waals surface area contributed by atoms with E-state index in [0.717, 1.165) is 106 Å². The fourth-order valence-corrected chi connectivity index (χ4v) is 8.73. The van der Waals surface area contributed by atoms with Crippen LogP contribution in [0.5, 0.6) is 0 Å². The number of hydrogen-bond donors (Lipinski definition) is 0. The molecule has 12 aromatic rings. The molecule has 0 saturated carbocycles. The summed E-state index contributed by atoms with van der Waals surface area (Å²) in [6.07, 6.45) is 0. The maximum atomic E-state index is 5.39. The molecule has 0 N–H and O–H groups in total. The molecule has 0 fully saturated rings. The molecule has 12 rings (SSSR count). The van der Waals surface area contributed by atoms with E-state index in [4.69, 9.17) is 24.9 Å². The molecule has 65 heavy (non-hydrogen) atoms. The summed E-state index contributed by atoms with van der Waals surface area (Å²) < 4.78 is 2.24. The maximum Gasteiger partial charge on any atom is 0.160 e. The Morgan fingerprint density at radius 3 is 1.20 bits per heavy atom. The molecule has 0 bridgehead atoms. The van der Waals surface area contributed by atoms with Gasteiger partial charge in [0.2, 0.25) is 0 Å². The van der Waals surface area contributed by atoms with E-state index >= 15 is 0 Å². The molecule has 0 amide bonds. The van der Waals surface area contributed by atoms with Gasteiger partial charge in [0.1, 0.15) is 5.82 Å². The average Bonchev–Trinajstić information content (AvgIpc) is 3.79. The molecule has 0 radical (unpaired) electrons. The Morgan fingerprint density at radius 1 is 0.262 bits per heavy atom. The lowest BCUT2D eigenvalue weighted by Gasteiger charge is -2.15. The van der Waals surface area contributed by atoms with Gasteiger partial charge in [0, 0.05) is 44.6 Å². The largest absolute Gasteiger partial charge is 0.292 e. The highest BCUT2D eigenvalue weighted by Gasteiger charge is 2.20. The second kappa shape index (κ2) is 16.1. The Hall–Kier alpha value is -8.87. The van der Waals surface area contributed by atoms with Crippen molar-refractivity contribution in [3.05, 3.63) is 231 Å². The third-order valence-electron chi connectivity index (χ3n) is 12.0. The van der Waals surface area contributed by atoms with Crippen molar-refractivity contribution < 1.29 is 0 Å². The zero-order valence-corrected chi connectivity index (χ0v) is 35.1. The standard InChI is InChI=1S/C59H38N6/c1-4-18-41(19-5-1)52-37-54(62-57(60-52)45-30-28-39-16-10-12-22-43(39)32-45)47-34-48(36-49(35-47)59-64-51-26-14-15-27-56(51)65(59)50-24-8-3-9-25-50)55-38-53(42-20-6-2-7-21-42)61-58(63-55)46-31-29-40-17-11-13-23-44(40)33-46/h1-38H. The van der Waals surface area contributed by atoms with Crippen LogP contribution < -0.4 is 0 Å². The maximum absolute atomic E-state index is 5.39. The first-order chi connectivity index (χ1) is 32.2. The third kappa shape index (κ3) is 7.29. The molecule has 3 aromatic heterocycles. The number of aromatic nitrogens is 6. The summed E-state index contributed by atoms with van der Waals surface area (Å²) in [7, 11) is 0. The zero-order valence-electron chi connectivity index (χ0n) is 35.1. The molecule has 0 spiro atoms. The molecule has 0 atom stereocenters. The van der Waals surface area contributed by atoms with Gasteiger partial charge in [0.15, 0.2) is 11.6 Å². The minimum absolute atomic E-state index is 0.641. The van der Waals surface area contributed by atoms with Crippen LogP contribution in [0.2, 0.25) is 0 Å². The SMILES string of the molecule is c1ccc(-c2cc(-c3cc(-c4cc(-c5ccccc5)nc(-c5ccc6ccccc6c5)n4)cc(-c4nc5ccccc5n4-c4ccccc4)c3)nc(-c3ccc4ccccc4c3)n2)cc1. The predicted octanol–water partition coefficient (Wildman–Crippen LogP) is 14.6. The molecular weight excluding hydrogens is 793 g/mol. The monoisotopic (exact) mass is 830 g/mol. The van der Waals surface area contributed by atoms with E-state index in [1.165, 1.54) is 0 Å². The number of rotatable bonds is 8. The second-order valence-corrected chi connectivity index (χ2v) is 16.2. The van der Waals surface area contributed by atoms with Crippen LogP contribution in [-0.2, 0) is 0 Å². The predicted molar refractivity (Wildman–Crippen MR) is 265 cm³/mol. The van der Waals surface area contributed by atoms with E-state index in [-0.39, 0.29) is 0 Å². The number of hydrogen-bond acceptors (Lipinski definition) is 5. The van der Waals surface area contributed by atoms with Crippen LogP contribution in [0.25, 0.3) is 117 Å². The van der Waals surface area contributed by atoms with Crippen molar-refractivity contribution in [1.82, 2.24) is 29.5 Å². The Labute approximate surface area is 375 Å². The van der Waals surface area contributed by atoms with Crippen molar-refractivity contribution in [3.63, 3.8) is 0 Å². The van der Waals surface area contributed by atoms with Crippen molar-refractivity contribution >= 4 is 32.6 Å². The van der Waals surface area contributed by atoms with Crippen molar-refractivity contribution in [1.29, 1.82) is 0 Å². The molecule has 9 aromatic carbocycles. The Balaban J connectivity index is 1.13. The highest BCUT2D eigenvalue weighted by atomic mass is 15.1. The van der Waals surface area contributed by atoms with Crippen molar-refractivity contribution in [3.8, 4) is 84.9 Å². The molecule has 0 unspecified atom stereocenters. The average molecular weight is 831 g/mol. The lowest BCUT2D eigenvalue weighted by atomic mass is 9.98. The molecular formula is C59H38N6. The number of imidazole rings is 1. The molecule has 0 aliphatic carbocycles. The first kappa shape index (κ1) is 37.9. The van der Waals surface area contributed by atoms with Gasteiger partial charge in [-0.05, 0) is 88.3 Å². The Kier molecular flexibility index (Phi) is 9.38. The van der Waals surface area contributed by atoms with Crippen LogP contribution in [-0.4, -0.2) is 29.5 Å². The number of fused-ring (bicyclic) bond motifs is 3. The smallest absolute Gasteiger partial charge is 0.160 e. The summed E-state index contributed by atoms with van der Waals surface area (Å²) in [4.78, 5) is 26.5. The summed E-state index contributed by atoms with van der Waals surface area (Å²) >= 11 is 0. The van der Waals surface area contributed by atoms with Gasteiger partial charge in [-0.1, -0.05) is 164 Å². The zero-order chi connectivity index (χ0) is 43.1. The summed E-state index contributed by atoms with van der Waals surface area (Å²) in [5.41, 5.74) is 12.7. The lowest BCUT2D eigenvalue weighted by molar-refractivity contribution is 1.10. The first-order valence-corrected chi connectivity index (χ1v) is 21.7. The van der Waals surface area contributed by atoms with Crippen LogP contribution >= 0.6 is 0 Å². The van der Waals surface area contributed by atoms with Crippen LogP contribution in [0.4, 0.5) is 0 Å². The van der Waals surface area contributed by atoms with Gasteiger partial charge >= 0.3 is 0 Å². The van der Waals surface area contributed by atoms with E-state index < -0.39 is 0 Å². The summed E-state index contributed by atoms with van der Waals surface area (Å²) in [6.45, 7) is 0. The van der Waals surface area contributed by atoms with Crippen LogP contribution in [0.3, 0.4) is 0 Å². The summed E-state index contributed by atoms with van der Waals surface area (Å²) in [5.74, 6) is 2.09.